The van der Waals surface area contributed by atoms with Gasteiger partial charge in [-0.25, -0.2) is 0 Å². The molecule has 0 saturated carbocycles. The van der Waals surface area contributed by atoms with E-state index in [-0.39, 0.29) is 0 Å². The summed E-state index contributed by atoms with van der Waals surface area (Å²) in [7, 11) is 0. The van der Waals surface area contributed by atoms with Gasteiger partial charge in [0.05, 0.1) is 6.61 Å². The molecule has 2 heteroatoms. The van der Waals surface area contributed by atoms with Crippen molar-refractivity contribution in [1.29, 1.82) is 0 Å². The molecule has 0 aliphatic carbocycles. The standard InChI is InChI=1S/C15H15NO/c1-2-4-12-10(3-1)5-6-13-14-8-16-7-11(14)9-17-15(12)13/h1-6,11,14,16H,7-9H2. The molecule has 1 saturated heterocycles. The molecule has 2 nitrogen and oxygen atoms in total. The molecule has 2 aliphatic heterocycles. The Labute approximate surface area is 101 Å². The van der Waals surface area contributed by atoms with Crippen LogP contribution in [-0.4, -0.2) is 19.7 Å². The Bertz CT molecular complexity index is 578. The molecule has 2 aromatic carbocycles. The van der Waals surface area contributed by atoms with Gasteiger partial charge in [-0.3, -0.25) is 0 Å². The van der Waals surface area contributed by atoms with Crippen LogP contribution >= 0.6 is 0 Å². The van der Waals surface area contributed by atoms with Gasteiger partial charge in [-0.15, -0.1) is 0 Å². The second-order valence-corrected chi connectivity index (χ2v) is 5.04. The lowest BCUT2D eigenvalue weighted by Gasteiger charge is -2.28. The van der Waals surface area contributed by atoms with E-state index in [4.69, 9.17) is 4.74 Å². The predicted molar refractivity (Wildman–Crippen MR) is 68.5 cm³/mol. The minimum Gasteiger partial charge on any atom is -0.492 e. The highest BCUT2D eigenvalue weighted by atomic mass is 16.5. The lowest BCUT2D eigenvalue weighted by Crippen LogP contribution is -2.24. The van der Waals surface area contributed by atoms with Gasteiger partial charge in [0.2, 0.25) is 0 Å². The molecule has 2 heterocycles. The molecule has 0 aromatic heterocycles. The molecule has 2 aliphatic rings. The first-order valence-corrected chi connectivity index (χ1v) is 6.28. The van der Waals surface area contributed by atoms with Gasteiger partial charge in [0, 0.05) is 30.3 Å². The molecule has 4 rings (SSSR count). The number of rotatable bonds is 0. The van der Waals surface area contributed by atoms with E-state index in [1.165, 1.54) is 16.3 Å². The maximum absolute atomic E-state index is 6.01. The molecule has 0 amide bonds. The third-order valence-corrected chi connectivity index (χ3v) is 4.09. The Morgan fingerprint density at radius 3 is 3.00 bits per heavy atom. The molecule has 2 unspecified atom stereocenters. The molecule has 2 atom stereocenters. The minimum absolute atomic E-state index is 0.642. The summed E-state index contributed by atoms with van der Waals surface area (Å²) in [6.07, 6.45) is 0. The van der Waals surface area contributed by atoms with Crippen molar-refractivity contribution in [3.8, 4) is 5.75 Å². The molecule has 17 heavy (non-hydrogen) atoms. The van der Waals surface area contributed by atoms with Crippen LogP contribution in [0.2, 0.25) is 0 Å². The third kappa shape index (κ3) is 1.31. The Balaban J connectivity index is 1.97. The topological polar surface area (TPSA) is 21.3 Å². The lowest BCUT2D eigenvalue weighted by atomic mass is 9.85. The maximum atomic E-state index is 6.01. The van der Waals surface area contributed by atoms with Crippen molar-refractivity contribution in [2.24, 2.45) is 5.92 Å². The zero-order valence-corrected chi connectivity index (χ0v) is 9.65. The van der Waals surface area contributed by atoms with E-state index in [0.29, 0.717) is 11.8 Å². The summed E-state index contributed by atoms with van der Waals surface area (Å²) in [5.74, 6) is 2.42. The van der Waals surface area contributed by atoms with Crippen molar-refractivity contribution in [3.63, 3.8) is 0 Å². The molecule has 86 valence electrons. The fraction of sp³-hybridized carbons (Fsp3) is 0.333. The highest BCUT2D eigenvalue weighted by Gasteiger charge is 2.35. The van der Waals surface area contributed by atoms with Gasteiger partial charge in [0.25, 0.3) is 0 Å². The lowest BCUT2D eigenvalue weighted by molar-refractivity contribution is 0.222. The smallest absolute Gasteiger partial charge is 0.130 e. The first-order chi connectivity index (χ1) is 8.43. The highest BCUT2D eigenvalue weighted by Crippen LogP contribution is 2.42. The zero-order valence-electron chi connectivity index (χ0n) is 9.65. The Morgan fingerprint density at radius 2 is 2.00 bits per heavy atom. The van der Waals surface area contributed by atoms with E-state index in [0.717, 1.165) is 25.4 Å². The van der Waals surface area contributed by atoms with E-state index in [9.17, 15) is 0 Å². The summed E-state index contributed by atoms with van der Waals surface area (Å²) in [5, 5.41) is 6.01. The van der Waals surface area contributed by atoms with Crippen molar-refractivity contribution < 1.29 is 4.74 Å². The van der Waals surface area contributed by atoms with Crippen LogP contribution in [0.15, 0.2) is 36.4 Å². The first-order valence-electron chi connectivity index (χ1n) is 6.28. The maximum Gasteiger partial charge on any atom is 0.130 e. The van der Waals surface area contributed by atoms with Gasteiger partial charge in [0.15, 0.2) is 0 Å². The Kier molecular flexibility index (Phi) is 1.94. The van der Waals surface area contributed by atoms with Crippen LogP contribution in [0.3, 0.4) is 0 Å². The van der Waals surface area contributed by atoms with Crippen molar-refractivity contribution in [2.75, 3.05) is 19.7 Å². The summed E-state index contributed by atoms with van der Waals surface area (Å²) >= 11 is 0. The minimum atomic E-state index is 0.642. The van der Waals surface area contributed by atoms with Gasteiger partial charge < -0.3 is 10.1 Å². The van der Waals surface area contributed by atoms with Crippen LogP contribution in [-0.2, 0) is 0 Å². The molecule has 0 bridgehead atoms. The van der Waals surface area contributed by atoms with Gasteiger partial charge in [0.1, 0.15) is 5.75 Å². The number of nitrogens with one attached hydrogen (secondary N) is 1. The van der Waals surface area contributed by atoms with E-state index in [1.807, 2.05) is 0 Å². The second-order valence-electron chi connectivity index (χ2n) is 5.04. The monoisotopic (exact) mass is 225 g/mol. The van der Waals surface area contributed by atoms with E-state index in [2.05, 4.69) is 41.7 Å². The molecule has 2 aromatic rings. The number of benzene rings is 2. The molecular weight excluding hydrogens is 210 g/mol. The fourth-order valence-electron chi connectivity index (χ4n) is 3.18. The summed E-state index contributed by atoms with van der Waals surface area (Å²) in [4.78, 5) is 0. The fourth-order valence-corrected chi connectivity index (χ4v) is 3.18. The van der Waals surface area contributed by atoms with Gasteiger partial charge in [-0.2, -0.15) is 0 Å². The molecule has 1 fully saturated rings. The number of fused-ring (bicyclic) bond motifs is 5. The van der Waals surface area contributed by atoms with Crippen molar-refractivity contribution in [1.82, 2.24) is 5.32 Å². The van der Waals surface area contributed by atoms with Crippen LogP contribution in [0, 0.1) is 5.92 Å². The Morgan fingerprint density at radius 1 is 1.06 bits per heavy atom. The molecule has 0 spiro atoms. The van der Waals surface area contributed by atoms with Crippen molar-refractivity contribution in [3.05, 3.63) is 42.0 Å². The van der Waals surface area contributed by atoms with Crippen LogP contribution in [0.5, 0.6) is 5.75 Å². The second kappa shape index (κ2) is 3.47. The van der Waals surface area contributed by atoms with Gasteiger partial charge in [-0.1, -0.05) is 36.4 Å². The quantitative estimate of drug-likeness (QED) is 0.744. The number of ether oxygens (including phenoxy) is 1. The number of hydrogen-bond donors (Lipinski definition) is 1. The van der Waals surface area contributed by atoms with Gasteiger partial charge in [-0.05, 0) is 10.9 Å². The van der Waals surface area contributed by atoms with Crippen molar-refractivity contribution in [2.45, 2.75) is 5.92 Å². The normalized spacial score (nSPS) is 26.4. The summed E-state index contributed by atoms with van der Waals surface area (Å²) < 4.78 is 6.01. The van der Waals surface area contributed by atoms with Gasteiger partial charge >= 0.3 is 0 Å². The first kappa shape index (κ1) is 9.49. The predicted octanol–water partition coefficient (Wildman–Crippen LogP) is 2.54. The Hall–Kier alpha value is -1.54. The molecule has 0 radical (unpaired) electrons. The molecule has 1 N–H and O–H groups in total. The summed E-state index contributed by atoms with van der Waals surface area (Å²) in [5.41, 5.74) is 1.39. The third-order valence-electron chi connectivity index (χ3n) is 4.09. The van der Waals surface area contributed by atoms with Crippen LogP contribution in [0.1, 0.15) is 11.5 Å². The average molecular weight is 225 g/mol. The average Bonchev–Trinajstić information content (AvgIpc) is 2.86. The SMILES string of the molecule is c1ccc2c3c(ccc2c1)C1CNCC1CO3. The summed E-state index contributed by atoms with van der Waals surface area (Å²) in [6, 6.07) is 13.0. The van der Waals surface area contributed by atoms with Crippen LogP contribution in [0.25, 0.3) is 10.8 Å². The zero-order chi connectivity index (χ0) is 11.2. The van der Waals surface area contributed by atoms with Crippen molar-refractivity contribution >= 4 is 10.8 Å². The van der Waals surface area contributed by atoms with E-state index < -0.39 is 0 Å². The van der Waals surface area contributed by atoms with Crippen LogP contribution < -0.4 is 10.1 Å². The molecular formula is C15H15NO. The largest absolute Gasteiger partial charge is 0.492 e. The highest BCUT2D eigenvalue weighted by molar-refractivity contribution is 5.90. The summed E-state index contributed by atoms with van der Waals surface area (Å²) in [6.45, 7) is 3.05. The number of hydrogen-bond acceptors (Lipinski definition) is 2. The van der Waals surface area contributed by atoms with E-state index in [1.54, 1.807) is 0 Å². The van der Waals surface area contributed by atoms with E-state index >= 15 is 0 Å². The van der Waals surface area contributed by atoms with Crippen LogP contribution in [0.4, 0.5) is 0 Å².